The van der Waals surface area contributed by atoms with Crippen LogP contribution in [0, 0.1) is 0 Å². The Morgan fingerprint density at radius 2 is 1.90 bits per heavy atom. The van der Waals surface area contributed by atoms with Crippen LogP contribution in [-0.2, 0) is 6.42 Å². The van der Waals surface area contributed by atoms with E-state index in [1.165, 1.54) is 0 Å². The standard InChI is InChI=1S/C24H28N4O3/c1-2-25-23(30)17-11-9-16(10-12-17)14-18-15-20(27-28-13-5-7-21(18)28)24(31)26-19-6-3-4-8-22(19)29/h5,7,9-13,15,19,22,29H,2-4,6,8,14H2,1H3,(H,25,30)(H,26,31)/t19-,22-/m0/s1. The van der Waals surface area contributed by atoms with Crippen molar-refractivity contribution in [2.45, 2.75) is 51.2 Å². The highest BCUT2D eigenvalue weighted by atomic mass is 16.3. The summed E-state index contributed by atoms with van der Waals surface area (Å²) in [5, 5.41) is 20.4. The Hall–Kier alpha value is -3.19. The van der Waals surface area contributed by atoms with Gasteiger partial charge in [-0.3, -0.25) is 9.59 Å². The predicted octanol–water partition coefficient (Wildman–Crippen LogP) is 2.71. The van der Waals surface area contributed by atoms with E-state index in [9.17, 15) is 14.7 Å². The number of hydrogen-bond acceptors (Lipinski definition) is 4. The number of hydrogen-bond donors (Lipinski definition) is 3. The SMILES string of the molecule is CCNC(=O)c1ccc(Cc2cc(C(=O)N[C@H]3CCCC[C@@H]3O)nn3cccc23)cc1. The number of aromatic nitrogens is 2. The second-order valence-corrected chi connectivity index (χ2v) is 8.06. The van der Waals surface area contributed by atoms with Gasteiger partial charge in [-0.1, -0.05) is 25.0 Å². The van der Waals surface area contributed by atoms with Gasteiger partial charge in [-0.15, -0.1) is 0 Å². The molecule has 3 N–H and O–H groups in total. The molecule has 0 unspecified atom stereocenters. The molecule has 0 spiro atoms. The van der Waals surface area contributed by atoms with Crippen molar-refractivity contribution >= 4 is 17.3 Å². The van der Waals surface area contributed by atoms with Crippen molar-refractivity contribution in [1.29, 1.82) is 0 Å². The Morgan fingerprint density at radius 1 is 1.13 bits per heavy atom. The van der Waals surface area contributed by atoms with Crippen molar-refractivity contribution < 1.29 is 14.7 Å². The van der Waals surface area contributed by atoms with E-state index in [4.69, 9.17) is 0 Å². The van der Waals surface area contributed by atoms with Gasteiger partial charge in [-0.25, -0.2) is 4.52 Å². The maximum atomic E-state index is 12.9. The van der Waals surface area contributed by atoms with E-state index >= 15 is 0 Å². The molecule has 0 bridgehead atoms. The highest BCUT2D eigenvalue weighted by Gasteiger charge is 2.25. The summed E-state index contributed by atoms with van der Waals surface area (Å²) in [5.74, 6) is -0.356. The summed E-state index contributed by atoms with van der Waals surface area (Å²) in [6.07, 6.45) is 5.42. The van der Waals surface area contributed by atoms with Crippen LogP contribution in [0.15, 0.2) is 48.7 Å². The van der Waals surface area contributed by atoms with Crippen LogP contribution in [-0.4, -0.2) is 45.2 Å². The van der Waals surface area contributed by atoms with E-state index in [0.717, 1.165) is 35.9 Å². The minimum Gasteiger partial charge on any atom is -0.391 e. The number of rotatable bonds is 6. The van der Waals surface area contributed by atoms with Gasteiger partial charge in [-0.2, -0.15) is 5.10 Å². The minimum absolute atomic E-state index is 0.0872. The number of nitrogens with one attached hydrogen (secondary N) is 2. The van der Waals surface area contributed by atoms with Crippen LogP contribution in [0.3, 0.4) is 0 Å². The molecule has 3 aromatic rings. The third kappa shape index (κ3) is 4.77. The lowest BCUT2D eigenvalue weighted by atomic mass is 9.92. The molecule has 2 aromatic heterocycles. The molecule has 0 saturated heterocycles. The van der Waals surface area contributed by atoms with E-state index in [2.05, 4.69) is 15.7 Å². The maximum absolute atomic E-state index is 12.9. The van der Waals surface area contributed by atoms with Crippen LogP contribution in [0.25, 0.3) is 5.52 Å². The van der Waals surface area contributed by atoms with E-state index < -0.39 is 6.10 Å². The molecule has 1 aliphatic rings. The molecule has 7 nitrogen and oxygen atoms in total. The predicted molar refractivity (Wildman–Crippen MR) is 118 cm³/mol. The fourth-order valence-corrected chi connectivity index (χ4v) is 4.13. The molecule has 1 aliphatic carbocycles. The minimum atomic E-state index is -0.504. The van der Waals surface area contributed by atoms with Crippen molar-refractivity contribution in [2.75, 3.05) is 6.54 Å². The van der Waals surface area contributed by atoms with Crippen LogP contribution in [0.2, 0.25) is 0 Å². The van der Waals surface area contributed by atoms with Gasteiger partial charge in [0.05, 0.1) is 17.7 Å². The normalized spacial score (nSPS) is 18.6. The third-order valence-electron chi connectivity index (χ3n) is 5.81. The Morgan fingerprint density at radius 3 is 2.65 bits per heavy atom. The molecule has 4 rings (SSSR count). The Balaban J connectivity index is 1.56. The average molecular weight is 421 g/mol. The van der Waals surface area contributed by atoms with Gasteiger partial charge < -0.3 is 15.7 Å². The first-order valence-electron chi connectivity index (χ1n) is 10.9. The topological polar surface area (TPSA) is 95.7 Å². The number of benzene rings is 1. The van der Waals surface area contributed by atoms with Gasteiger partial charge >= 0.3 is 0 Å². The van der Waals surface area contributed by atoms with E-state index in [1.54, 1.807) is 4.52 Å². The van der Waals surface area contributed by atoms with Gasteiger partial charge in [-0.05, 0) is 67.6 Å². The van der Waals surface area contributed by atoms with Gasteiger partial charge in [0.15, 0.2) is 0 Å². The molecule has 1 fully saturated rings. The summed E-state index contributed by atoms with van der Waals surface area (Å²) in [6.45, 7) is 2.48. The van der Waals surface area contributed by atoms with Gasteiger partial charge in [0.25, 0.3) is 11.8 Å². The number of carbonyl (C=O) groups excluding carboxylic acids is 2. The first-order valence-corrected chi connectivity index (χ1v) is 10.9. The zero-order valence-electron chi connectivity index (χ0n) is 17.7. The number of carbonyl (C=O) groups is 2. The zero-order chi connectivity index (χ0) is 21.8. The lowest BCUT2D eigenvalue weighted by Crippen LogP contribution is -2.45. The summed E-state index contributed by atoms with van der Waals surface area (Å²) in [6, 6.07) is 13.0. The molecule has 1 aromatic carbocycles. The molecular formula is C24H28N4O3. The second kappa shape index (κ2) is 9.31. The molecule has 0 aliphatic heterocycles. The Bertz CT molecular complexity index is 1070. The molecule has 2 heterocycles. The Labute approximate surface area is 181 Å². The smallest absolute Gasteiger partial charge is 0.272 e. The molecule has 162 valence electrons. The third-order valence-corrected chi connectivity index (χ3v) is 5.81. The fourth-order valence-electron chi connectivity index (χ4n) is 4.13. The number of nitrogens with zero attached hydrogens (tertiary/aromatic N) is 2. The summed E-state index contributed by atoms with van der Waals surface area (Å²) in [7, 11) is 0. The number of aliphatic hydroxyl groups is 1. The van der Waals surface area contributed by atoms with Crippen LogP contribution in [0.5, 0.6) is 0 Å². The highest BCUT2D eigenvalue weighted by Crippen LogP contribution is 2.20. The molecular weight excluding hydrogens is 392 g/mol. The second-order valence-electron chi connectivity index (χ2n) is 8.06. The van der Waals surface area contributed by atoms with Crippen LogP contribution >= 0.6 is 0 Å². The lowest BCUT2D eigenvalue weighted by Gasteiger charge is -2.28. The zero-order valence-corrected chi connectivity index (χ0v) is 17.7. The first kappa shape index (κ1) is 21.1. The van der Waals surface area contributed by atoms with Crippen LogP contribution < -0.4 is 10.6 Å². The summed E-state index contributed by atoms with van der Waals surface area (Å²) >= 11 is 0. The number of fused-ring (bicyclic) bond motifs is 1. The maximum Gasteiger partial charge on any atom is 0.272 e. The van der Waals surface area contributed by atoms with Crippen molar-refractivity contribution in [3.05, 3.63) is 71.0 Å². The first-order chi connectivity index (χ1) is 15.0. The quantitative estimate of drug-likeness (QED) is 0.571. The van der Waals surface area contributed by atoms with Gasteiger partial charge in [0.2, 0.25) is 0 Å². The fraction of sp³-hybridized carbons (Fsp3) is 0.375. The van der Waals surface area contributed by atoms with Gasteiger partial charge in [0.1, 0.15) is 5.69 Å². The van der Waals surface area contributed by atoms with Crippen LogP contribution in [0.4, 0.5) is 0 Å². The largest absolute Gasteiger partial charge is 0.391 e. The van der Waals surface area contributed by atoms with Gasteiger partial charge in [0, 0.05) is 18.3 Å². The highest BCUT2D eigenvalue weighted by molar-refractivity contribution is 5.94. The number of amides is 2. The van der Waals surface area contributed by atoms with Crippen molar-refractivity contribution in [3.63, 3.8) is 0 Å². The van der Waals surface area contributed by atoms with E-state index in [1.807, 2.05) is 55.6 Å². The Kier molecular flexibility index (Phi) is 6.32. The molecule has 2 amide bonds. The molecule has 1 saturated carbocycles. The summed E-state index contributed by atoms with van der Waals surface area (Å²) in [4.78, 5) is 24.8. The van der Waals surface area contributed by atoms with Crippen LogP contribution in [0.1, 0.15) is 64.6 Å². The van der Waals surface area contributed by atoms with E-state index in [0.29, 0.717) is 30.6 Å². The molecule has 2 atom stereocenters. The lowest BCUT2D eigenvalue weighted by molar-refractivity contribution is 0.0712. The van der Waals surface area contributed by atoms with E-state index in [-0.39, 0.29) is 17.9 Å². The van der Waals surface area contributed by atoms with Crippen molar-refractivity contribution in [1.82, 2.24) is 20.2 Å². The monoisotopic (exact) mass is 420 g/mol. The molecule has 7 heteroatoms. The van der Waals surface area contributed by atoms with Crippen molar-refractivity contribution in [3.8, 4) is 0 Å². The number of aliphatic hydroxyl groups excluding tert-OH is 1. The molecule has 31 heavy (non-hydrogen) atoms. The summed E-state index contributed by atoms with van der Waals surface area (Å²) < 4.78 is 1.71. The molecule has 0 radical (unpaired) electrons. The average Bonchev–Trinajstić information content (AvgIpc) is 3.25. The summed E-state index contributed by atoms with van der Waals surface area (Å²) in [5.41, 5.74) is 3.90. The van der Waals surface area contributed by atoms with Crippen molar-refractivity contribution in [2.24, 2.45) is 0 Å².